The van der Waals surface area contributed by atoms with Gasteiger partial charge in [-0.25, -0.2) is 0 Å². The molecule has 7 heteroatoms. The van der Waals surface area contributed by atoms with E-state index in [4.69, 9.17) is 0 Å². The summed E-state index contributed by atoms with van der Waals surface area (Å²) in [7, 11) is 0. The number of nitrogens with zero attached hydrogens (tertiary/aromatic N) is 3. The predicted octanol–water partition coefficient (Wildman–Crippen LogP) is 2.30. The van der Waals surface area contributed by atoms with Crippen molar-refractivity contribution in [2.75, 3.05) is 0 Å². The van der Waals surface area contributed by atoms with Crippen LogP contribution in [0, 0.1) is 10.1 Å². The van der Waals surface area contributed by atoms with Crippen molar-refractivity contribution in [2.24, 2.45) is 0 Å². The number of aromatic nitrogens is 2. The molecule has 1 aromatic carbocycles. The summed E-state index contributed by atoms with van der Waals surface area (Å²) in [6, 6.07) is 6.64. The Morgan fingerprint density at radius 2 is 2.39 bits per heavy atom. The second kappa shape index (κ2) is 5.65. The van der Waals surface area contributed by atoms with Crippen LogP contribution >= 0.6 is 11.5 Å². The maximum atomic E-state index is 10.7. The molecule has 0 radical (unpaired) electrons. The van der Waals surface area contributed by atoms with Crippen LogP contribution in [0.5, 0.6) is 0 Å². The summed E-state index contributed by atoms with van der Waals surface area (Å²) in [6.07, 6.45) is 0. The smallest absolute Gasteiger partial charge is 0.269 e. The molecule has 0 saturated carbocycles. The topological polar surface area (TPSA) is 81.0 Å². The molecule has 0 aliphatic heterocycles. The van der Waals surface area contributed by atoms with E-state index in [-0.39, 0.29) is 16.7 Å². The van der Waals surface area contributed by atoms with E-state index >= 15 is 0 Å². The van der Waals surface area contributed by atoms with E-state index in [1.807, 2.05) is 18.4 Å². The maximum absolute atomic E-state index is 10.7. The third kappa shape index (κ3) is 3.08. The Balaban J connectivity index is 2.02. The molecule has 1 heterocycles. The van der Waals surface area contributed by atoms with Crippen LogP contribution < -0.4 is 5.32 Å². The van der Waals surface area contributed by atoms with E-state index in [0.29, 0.717) is 6.54 Å². The number of non-ortho nitro benzene ring substituents is 1. The van der Waals surface area contributed by atoms with Crippen LogP contribution in [-0.4, -0.2) is 14.5 Å². The summed E-state index contributed by atoms with van der Waals surface area (Å²) in [5.41, 5.74) is 1.86. The number of nitrogens with one attached hydrogen (secondary N) is 1. The Kier molecular flexibility index (Phi) is 3.96. The molecule has 0 saturated heterocycles. The van der Waals surface area contributed by atoms with Gasteiger partial charge in [-0.1, -0.05) is 16.6 Å². The van der Waals surface area contributed by atoms with Gasteiger partial charge in [0.25, 0.3) is 5.69 Å². The molecule has 1 aromatic heterocycles. The summed E-state index contributed by atoms with van der Waals surface area (Å²) >= 11 is 1.30. The van der Waals surface area contributed by atoms with Gasteiger partial charge in [0.2, 0.25) is 0 Å². The van der Waals surface area contributed by atoms with Crippen LogP contribution in [-0.2, 0) is 6.54 Å². The first kappa shape index (κ1) is 12.6. The highest BCUT2D eigenvalue weighted by Crippen LogP contribution is 2.19. The number of hydrogen-bond acceptors (Lipinski definition) is 6. The van der Waals surface area contributed by atoms with E-state index in [0.717, 1.165) is 11.3 Å². The first-order valence-corrected chi connectivity index (χ1v) is 6.24. The van der Waals surface area contributed by atoms with Gasteiger partial charge < -0.3 is 5.32 Å². The van der Waals surface area contributed by atoms with Crippen molar-refractivity contribution in [3.05, 3.63) is 51.0 Å². The molecule has 1 unspecified atom stereocenters. The highest BCUT2D eigenvalue weighted by atomic mass is 32.1. The fourth-order valence-corrected chi connectivity index (χ4v) is 2.00. The van der Waals surface area contributed by atoms with Gasteiger partial charge >= 0.3 is 0 Å². The van der Waals surface area contributed by atoms with Crippen molar-refractivity contribution < 1.29 is 4.92 Å². The second-order valence-electron chi connectivity index (χ2n) is 3.85. The highest BCUT2D eigenvalue weighted by Gasteiger charge is 2.10. The molecule has 0 fully saturated rings. The monoisotopic (exact) mass is 264 g/mol. The van der Waals surface area contributed by atoms with E-state index in [1.165, 1.54) is 17.6 Å². The van der Waals surface area contributed by atoms with Gasteiger partial charge in [-0.15, -0.1) is 5.10 Å². The van der Waals surface area contributed by atoms with Crippen molar-refractivity contribution in [1.29, 1.82) is 0 Å². The third-order valence-electron chi connectivity index (χ3n) is 2.58. The Hall–Kier alpha value is -1.86. The summed E-state index contributed by atoms with van der Waals surface area (Å²) in [4.78, 5) is 10.3. The van der Waals surface area contributed by atoms with E-state index in [9.17, 15) is 10.1 Å². The second-order valence-corrected chi connectivity index (χ2v) is 4.46. The van der Waals surface area contributed by atoms with E-state index < -0.39 is 0 Å². The van der Waals surface area contributed by atoms with Crippen molar-refractivity contribution in [3.63, 3.8) is 0 Å². The lowest BCUT2D eigenvalue weighted by Gasteiger charge is -2.12. The summed E-state index contributed by atoms with van der Waals surface area (Å²) in [5, 5.41) is 19.7. The zero-order valence-corrected chi connectivity index (χ0v) is 10.6. The van der Waals surface area contributed by atoms with Crippen LogP contribution in [0.1, 0.15) is 24.2 Å². The molecule has 6 nitrogen and oxygen atoms in total. The standard InChI is InChI=1S/C11H12N4O2S/c1-8(12-6-10-7-18-14-13-10)9-3-2-4-11(5-9)15(16)17/h2-5,7-8,12H,6H2,1H3. The molecule has 1 atom stereocenters. The fraction of sp³-hybridized carbons (Fsp3) is 0.273. The van der Waals surface area contributed by atoms with Crippen LogP contribution in [0.3, 0.4) is 0 Å². The Morgan fingerprint density at radius 1 is 1.56 bits per heavy atom. The molecule has 0 amide bonds. The highest BCUT2D eigenvalue weighted by molar-refractivity contribution is 7.03. The van der Waals surface area contributed by atoms with Crippen LogP contribution in [0.25, 0.3) is 0 Å². The molecule has 2 rings (SSSR count). The Bertz CT molecular complexity index is 530. The van der Waals surface area contributed by atoms with Gasteiger partial charge in [-0.3, -0.25) is 10.1 Å². The quantitative estimate of drug-likeness (QED) is 0.662. The van der Waals surface area contributed by atoms with Gasteiger partial charge in [0.15, 0.2) is 0 Å². The van der Waals surface area contributed by atoms with Crippen molar-refractivity contribution in [3.8, 4) is 0 Å². The van der Waals surface area contributed by atoms with Crippen LogP contribution in [0.2, 0.25) is 0 Å². The largest absolute Gasteiger partial charge is 0.304 e. The molecule has 94 valence electrons. The third-order valence-corrected chi connectivity index (χ3v) is 3.13. The lowest BCUT2D eigenvalue weighted by atomic mass is 10.1. The van der Waals surface area contributed by atoms with Crippen LogP contribution in [0.15, 0.2) is 29.6 Å². The lowest BCUT2D eigenvalue weighted by molar-refractivity contribution is -0.384. The van der Waals surface area contributed by atoms with Gasteiger partial charge in [0.1, 0.15) is 0 Å². The fourth-order valence-electron chi connectivity index (χ4n) is 1.54. The average Bonchev–Trinajstić information content (AvgIpc) is 2.89. The number of benzene rings is 1. The molecule has 0 aliphatic rings. The van der Waals surface area contributed by atoms with Gasteiger partial charge in [0, 0.05) is 30.1 Å². The molecule has 0 aliphatic carbocycles. The molecule has 0 spiro atoms. The molecular formula is C11H12N4O2S. The number of nitro benzene ring substituents is 1. The minimum atomic E-state index is -0.388. The number of rotatable bonds is 5. The first-order valence-electron chi connectivity index (χ1n) is 5.40. The average molecular weight is 264 g/mol. The molecular weight excluding hydrogens is 252 g/mol. The summed E-state index contributed by atoms with van der Waals surface area (Å²) < 4.78 is 3.77. The van der Waals surface area contributed by atoms with E-state index in [2.05, 4.69) is 14.9 Å². The predicted molar refractivity (Wildman–Crippen MR) is 68.3 cm³/mol. The molecule has 0 bridgehead atoms. The van der Waals surface area contributed by atoms with Crippen molar-refractivity contribution >= 4 is 17.2 Å². The zero-order chi connectivity index (χ0) is 13.0. The van der Waals surface area contributed by atoms with Gasteiger partial charge in [0.05, 0.1) is 10.6 Å². The first-order chi connectivity index (χ1) is 8.66. The summed E-state index contributed by atoms with van der Waals surface area (Å²) in [5.74, 6) is 0. The molecule has 2 aromatic rings. The van der Waals surface area contributed by atoms with Crippen molar-refractivity contribution in [1.82, 2.24) is 14.9 Å². The molecule has 18 heavy (non-hydrogen) atoms. The van der Waals surface area contributed by atoms with Crippen molar-refractivity contribution in [2.45, 2.75) is 19.5 Å². The lowest BCUT2D eigenvalue weighted by Crippen LogP contribution is -2.18. The van der Waals surface area contributed by atoms with Gasteiger partial charge in [-0.05, 0) is 24.0 Å². The minimum Gasteiger partial charge on any atom is -0.304 e. The molecule has 1 N–H and O–H groups in total. The summed E-state index contributed by atoms with van der Waals surface area (Å²) in [6.45, 7) is 2.55. The zero-order valence-electron chi connectivity index (χ0n) is 9.74. The maximum Gasteiger partial charge on any atom is 0.269 e. The Morgan fingerprint density at radius 3 is 3.06 bits per heavy atom. The normalized spacial score (nSPS) is 12.3. The minimum absolute atomic E-state index is 0.0200. The number of nitro groups is 1. The van der Waals surface area contributed by atoms with Gasteiger partial charge in [-0.2, -0.15) is 0 Å². The van der Waals surface area contributed by atoms with E-state index in [1.54, 1.807) is 12.1 Å². The van der Waals surface area contributed by atoms with Crippen LogP contribution in [0.4, 0.5) is 5.69 Å². The Labute approximate surface area is 108 Å². The SMILES string of the molecule is CC(NCc1csnn1)c1cccc([N+](=O)[O-])c1. The number of hydrogen-bond donors (Lipinski definition) is 1.